The third-order valence-corrected chi connectivity index (χ3v) is 8.39. The molecule has 2 heterocycles. The van der Waals surface area contributed by atoms with Gasteiger partial charge in [-0.25, -0.2) is 4.39 Å². The van der Waals surface area contributed by atoms with E-state index in [0.717, 1.165) is 61.7 Å². The van der Waals surface area contributed by atoms with E-state index >= 15 is 0 Å². The highest BCUT2D eigenvalue weighted by Crippen LogP contribution is 2.18. The van der Waals surface area contributed by atoms with Gasteiger partial charge in [-0.1, -0.05) is 60.1 Å². The van der Waals surface area contributed by atoms with Gasteiger partial charge in [0.15, 0.2) is 0 Å². The molecular weight excluding hydrogens is 561 g/mol. The fourth-order valence-electron chi connectivity index (χ4n) is 5.77. The van der Waals surface area contributed by atoms with Crippen molar-refractivity contribution in [3.63, 3.8) is 0 Å². The quantitative estimate of drug-likeness (QED) is 0.176. The van der Waals surface area contributed by atoms with Gasteiger partial charge in [-0.05, 0) is 71.6 Å². The lowest BCUT2D eigenvalue weighted by atomic mass is 10.1. The van der Waals surface area contributed by atoms with Gasteiger partial charge < -0.3 is 13.9 Å². The Bertz CT molecular complexity index is 1690. The average molecular weight is 598 g/mol. The van der Waals surface area contributed by atoms with E-state index in [-0.39, 0.29) is 5.82 Å². The maximum Gasteiger partial charge on any atom is 0.203 e. The van der Waals surface area contributed by atoms with Crippen LogP contribution in [-0.4, -0.2) is 51.7 Å². The molecule has 0 unspecified atom stereocenters. The molecular formula is C35H37ClFN5O. The number of ether oxygens (including phenoxy) is 1. The molecule has 0 radical (unpaired) electrons. The molecule has 222 valence electrons. The Hall–Kier alpha value is -3.91. The van der Waals surface area contributed by atoms with Crippen molar-refractivity contribution in [2.24, 2.45) is 0 Å². The lowest BCUT2D eigenvalue weighted by Crippen LogP contribution is -2.45. The van der Waals surface area contributed by atoms with Gasteiger partial charge in [0.2, 0.25) is 5.62 Å². The van der Waals surface area contributed by atoms with Crippen LogP contribution in [0.3, 0.4) is 0 Å². The molecule has 1 aliphatic rings. The first-order valence-electron chi connectivity index (χ1n) is 14.9. The zero-order chi connectivity index (χ0) is 29.6. The molecule has 0 amide bonds. The third kappa shape index (κ3) is 7.36. The van der Waals surface area contributed by atoms with Gasteiger partial charge in [-0.2, -0.15) is 0 Å². The first-order chi connectivity index (χ1) is 21.0. The SMILES string of the molecule is N=c1n(CCCOc2ccc(F)cc2)c2ccccc2n1Cc1ccc(CN2CCN(Cc3ccc(Cl)cc3)CC2)cc1. The lowest BCUT2D eigenvalue weighted by molar-refractivity contribution is 0.122. The number of halogens is 2. The van der Waals surface area contributed by atoms with Crippen LogP contribution in [0.5, 0.6) is 5.75 Å². The number of hydrogen-bond acceptors (Lipinski definition) is 4. The molecule has 0 atom stereocenters. The smallest absolute Gasteiger partial charge is 0.203 e. The number of nitrogens with one attached hydrogen (secondary N) is 1. The van der Waals surface area contributed by atoms with E-state index in [9.17, 15) is 4.39 Å². The van der Waals surface area contributed by atoms with E-state index in [1.54, 1.807) is 12.1 Å². The van der Waals surface area contributed by atoms with Crippen molar-refractivity contribution in [1.29, 1.82) is 5.41 Å². The molecule has 0 bridgehead atoms. The third-order valence-electron chi connectivity index (χ3n) is 8.14. The summed E-state index contributed by atoms with van der Waals surface area (Å²) in [4.78, 5) is 5.03. The summed E-state index contributed by atoms with van der Waals surface area (Å²) < 4.78 is 23.0. The van der Waals surface area contributed by atoms with E-state index in [4.69, 9.17) is 21.7 Å². The molecule has 0 saturated carbocycles. The minimum Gasteiger partial charge on any atom is -0.494 e. The summed E-state index contributed by atoms with van der Waals surface area (Å²) in [6.07, 6.45) is 0.742. The van der Waals surface area contributed by atoms with Crippen LogP contribution in [0, 0.1) is 11.2 Å². The Kier molecular flexibility index (Phi) is 9.22. The molecule has 1 saturated heterocycles. The minimum absolute atomic E-state index is 0.274. The second kappa shape index (κ2) is 13.6. The number of nitrogens with zero attached hydrogens (tertiary/aromatic N) is 4. The number of fused-ring (bicyclic) bond motifs is 1. The summed E-state index contributed by atoms with van der Waals surface area (Å²) in [5.74, 6) is 0.379. The highest BCUT2D eigenvalue weighted by molar-refractivity contribution is 6.30. The van der Waals surface area contributed by atoms with Crippen LogP contribution in [0.1, 0.15) is 23.1 Å². The van der Waals surface area contributed by atoms with Crippen molar-refractivity contribution in [3.05, 3.63) is 130 Å². The summed E-state index contributed by atoms with van der Waals surface area (Å²) in [5.41, 5.74) is 6.37. The zero-order valence-electron chi connectivity index (χ0n) is 24.3. The van der Waals surface area contributed by atoms with Crippen LogP contribution < -0.4 is 10.4 Å². The Morgan fingerprint density at radius 1 is 0.651 bits per heavy atom. The zero-order valence-corrected chi connectivity index (χ0v) is 25.0. The number of piperazine rings is 1. The monoisotopic (exact) mass is 597 g/mol. The van der Waals surface area contributed by atoms with Crippen molar-refractivity contribution in [3.8, 4) is 5.75 Å². The predicted octanol–water partition coefficient (Wildman–Crippen LogP) is 6.55. The number of imidazole rings is 1. The van der Waals surface area contributed by atoms with Gasteiger partial charge >= 0.3 is 0 Å². The van der Waals surface area contributed by atoms with Gasteiger partial charge in [-0.3, -0.25) is 15.2 Å². The van der Waals surface area contributed by atoms with Crippen molar-refractivity contribution < 1.29 is 9.13 Å². The fraction of sp³-hybridized carbons (Fsp3) is 0.286. The molecule has 6 nitrogen and oxygen atoms in total. The molecule has 6 rings (SSSR count). The van der Waals surface area contributed by atoms with Gasteiger partial charge in [0, 0.05) is 50.8 Å². The number of rotatable bonds is 11. The molecule has 8 heteroatoms. The van der Waals surface area contributed by atoms with Gasteiger partial charge in [0.25, 0.3) is 0 Å². The van der Waals surface area contributed by atoms with Crippen molar-refractivity contribution in [1.82, 2.24) is 18.9 Å². The molecule has 5 aromatic rings. The fourth-order valence-corrected chi connectivity index (χ4v) is 5.89. The molecule has 1 aliphatic heterocycles. The molecule has 1 aromatic heterocycles. The van der Waals surface area contributed by atoms with Crippen molar-refractivity contribution in [2.75, 3.05) is 32.8 Å². The maximum atomic E-state index is 13.2. The second-order valence-corrected chi connectivity index (χ2v) is 11.6. The Morgan fingerprint density at radius 3 is 1.74 bits per heavy atom. The Labute approximate surface area is 257 Å². The number of aromatic nitrogens is 2. The first-order valence-corrected chi connectivity index (χ1v) is 15.3. The first kappa shape index (κ1) is 29.2. The van der Waals surface area contributed by atoms with Crippen molar-refractivity contribution >= 4 is 22.6 Å². The van der Waals surface area contributed by atoms with E-state index in [1.165, 1.54) is 28.8 Å². The molecule has 4 aromatic carbocycles. The summed E-state index contributed by atoms with van der Waals surface area (Å²) in [5, 5.41) is 9.77. The van der Waals surface area contributed by atoms with Gasteiger partial charge in [-0.15, -0.1) is 0 Å². The highest BCUT2D eigenvalue weighted by atomic mass is 35.5. The second-order valence-electron chi connectivity index (χ2n) is 11.2. The standard InChI is InChI=1S/C35H37ClFN5O/c36-30-12-10-28(11-13-30)25-40-21-19-39(20-22-40)24-27-6-8-29(9-7-27)26-42-34-5-2-1-4-33(34)41(35(42)38)18-3-23-43-32-16-14-31(37)15-17-32/h1-2,4-17,38H,3,18-26H2. The molecule has 1 N–H and O–H groups in total. The number of benzene rings is 4. The Balaban J connectivity index is 1.04. The van der Waals surface area contributed by atoms with E-state index in [2.05, 4.69) is 62.9 Å². The van der Waals surface area contributed by atoms with Gasteiger partial charge in [0.1, 0.15) is 11.6 Å². The Morgan fingerprint density at radius 2 is 1.16 bits per heavy atom. The number of hydrogen-bond donors (Lipinski definition) is 1. The topological polar surface area (TPSA) is 49.4 Å². The summed E-state index contributed by atoms with van der Waals surface area (Å²) in [6, 6.07) is 31.3. The number of para-hydroxylation sites is 2. The molecule has 0 spiro atoms. The summed E-state index contributed by atoms with van der Waals surface area (Å²) >= 11 is 6.03. The van der Waals surface area contributed by atoms with Crippen LogP contribution in [-0.2, 0) is 26.2 Å². The van der Waals surface area contributed by atoms with E-state index in [1.807, 2.05) is 28.8 Å². The van der Waals surface area contributed by atoms with Crippen LogP contribution >= 0.6 is 11.6 Å². The van der Waals surface area contributed by atoms with E-state index < -0.39 is 0 Å². The van der Waals surface area contributed by atoms with Crippen LogP contribution in [0.15, 0.2) is 97.1 Å². The van der Waals surface area contributed by atoms with E-state index in [0.29, 0.717) is 31.1 Å². The van der Waals surface area contributed by atoms with Crippen LogP contribution in [0.4, 0.5) is 4.39 Å². The normalized spacial score (nSPS) is 14.4. The average Bonchev–Trinajstić information content (AvgIpc) is 3.29. The summed E-state index contributed by atoms with van der Waals surface area (Å²) in [6.45, 7) is 7.96. The highest BCUT2D eigenvalue weighted by Gasteiger charge is 2.17. The number of aryl methyl sites for hydroxylation is 1. The summed E-state index contributed by atoms with van der Waals surface area (Å²) in [7, 11) is 0. The minimum atomic E-state index is -0.274. The maximum absolute atomic E-state index is 13.2. The molecule has 0 aliphatic carbocycles. The van der Waals surface area contributed by atoms with Crippen molar-refractivity contribution in [2.45, 2.75) is 32.6 Å². The molecule has 1 fully saturated rings. The largest absolute Gasteiger partial charge is 0.494 e. The molecule has 43 heavy (non-hydrogen) atoms. The predicted molar refractivity (Wildman–Crippen MR) is 170 cm³/mol. The lowest BCUT2D eigenvalue weighted by Gasteiger charge is -2.34. The van der Waals surface area contributed by atoms with Crippen LogP contribution in [0.25, 0.3) is 11.0 Å². The van der Waals surface area contributed by atoms with Gasteiger partial charge in [0.05, 0.1) is 24.2 Å². The van der Waals surface area contributed by atoms with Crippen LogP contribution in [0.2, 0.25) is 5.02 Å².